The molecule has 0 unspecified atom stereocenters. The van der Waals surface area contributed by atoms with Crippen LogP contribution in [0.1, 0.15) is 0 Å². The van der Waals surface area contributed by atoms with E-state index in [2.05, 4.69) is 63.4 Å². The molecule has 0 aromatic heterocycles. The summed E-state index contributed by atoms with van der Waals surface area (Å²) in [4.78, 5) is 0. The van der Waals surface area contributed by atoms with E-state index in [9.17, 15) is 0 Å². The van der Waals surface area contributed by atoms with Crippen LogP contribution in [0.5, 0.6) is 11.5 Å². The van der Waals surface area contributed by atoms with E-state index in [-0.39, 0.29) is 0 Å². The van der Waals surface area contributed by atoms with Crippen LogP contribution >= 0.6 is 45.2 Å². The maximum absolute atomic E-state index is 5.44. The first-order chi connectivity index (χ1) is 8.67. The van der Waals surface area contributed by atoms with Crippen molar-refractivity contribution in [1.82, 2.24) is 0 Å². The summed E-state index contributed by atoms with van der Waals surface area (Å²) < 4.78 is 13.3. The number of hydrogen-bond acceptors (Lipinski definition) is 2. The second-order valence-electron chi connectivity index (χ2n) is 3.66. The highest BCUT2D eigenvalue weighted by Gasteiger charge is 2.14. The Morgan fingerprint density at radius 2 is 1.50 bits per heavy atom. The standard InChI is InChI=1S/C14H12I2O2/c1-17-12-4-3-5-13(18-2)14(12)10-7-6-9(15)8-11(10)16/h3-8H,1-2H3. The van der Waals surface area contributed by atoms with E-state index in [4.69, 9.17) is 9.47 Å². The number of hydrogen-bond donors (Lipinski definition) is 0. The Labute approximate surface area is 134 Å². The van der Waals surface area contributed by atoms with Crippen LogP contribution < -0.4 is 9.47 Å². The Bertz CT molecular complexity index is 545. The van der Waals surface area contributed by atoms with E-state index < -0.39 is 0 Å². The van der Waals surface area contributed by atoms with Gasteiger partial charge in [0.05, 0.1) is 19.8 Å². The third-order valence-corrected chi connectivity index (χ3v) is 4.19. The Balaban J connectivity index is 2.68. The van der Waals surface area contributed by atoms with E-state index in [1.54, 1.807) is 14.2 Å². The molecule has 0 aliphatic rings. The lowest BCUT2D eigenvalue weighted by Gasteiger charge is -2.14. The second-order valence-corrected chi connectivity index (χ2v) is 6.07. The van der Waals surface area contributed by atoms with Crippen molar-refractivity contribution in [2.75, 3.05) is 14.2 Å². The maximum Gasteiger partial charge on any atom is 0.130 e. The van der Waals surface area contributed by atoms with E-state index in [0.717, 1.165) is 22.6 Å². The molecular formula is C14H12I2O2. The van der Waals surface area contributed by atoms with Crippen LogP contribution in [0.25, 0.3) is 11.1 Å². The number of benzene rings is 2. The van der Waals surface area contributed by atoms with Crippen molar-refractivity contribution in [1.29, 1.82) is 0 Å². The Kier molecular flexibility index (Phi) is 4.71. The largest absolute Gasteiger partial charge is 0.496 e. The summed E-state index contributed by atoms with van der Waals surface area (Å²) in [7, 11) is 3.36. The fourth-order valence-corrected chi connectivity index (χ4v) is 3.68. The van der Waals surface area contributed by atoms with Gasteiger partial charge in [0, 0.05) is 12.7 Å². The summed E-state index contributed by atoms with van der Waals surface area (Å²) in [6, 6.07) is 12.2. The average molecular weight is 466 g/mol. The monoisotopic (exact) mass is 466 g/mol. The fourth-order valence-electron chi connectivity index (χ4n) is 1.81. The molecule has 0 fully saturated rings. The van der Waals surface area contributed by atoms with Crippen molar-refractivity contribution in [3.63, 3.8) is 0 Å². The zero-order chi connectivity index (χ0) is 13.1. The summed E-state index contributed by atoms with van der Waals surface area (Å²) in [5, 5.41) is 0. The van der Waals surface area contributed by atoms with Gasteiger partial charge in [-0.2, -0.15) is 0 Å². The van der Waals surface area contributed by atoms with Crippen LogP contribution in [-0.2, 0) is 0 Å². The van der Waals surface area contributed by atoms with Gasteiger partial charge in [0.1, 0.15) is 11.5 Å². The smallest absolute Gasteiger partial charge is 0.130 e. The average Bonchev–Trinajstić information content (AvgIpc) is 2.38. The molecule has 0 atom stereocenters. The normalized spacial score (nSPS) is 10.2. The summed E-state index contributed by atoms with van der Waals surface area (Å²) in [6.45, 7) is 0. The predicted octanol–water partition coefficient (Wildman–Crippen LogP) is 4.58. The third-order valence-electron chi connectivity index (χ3n) is 2.63. The van der Waals surface area contributed by atoms with Gasteiger partial charge in [-0.25, -0.2) is 0 Å². The minimum atomic E-state index is 0.827. The van der Waals surface area contributed by atoms with Gasteiger partial charge in [0.15, 0.2) is 0 Å². The summed E-state index contributed by atoms with van der Waals surface area (Å²) in [6.07, 6.45) is 0. The summed E-state index contributed by atoms with van der Waals surface area (Å²) in [5.74, 6) is 1.65. The first-order valence-electron chi connectivity index (χ1n) is 5.33. The minimum Gasteiger partial charge on any atom is -0.496 e. The molecular weight excluding hydrogens is 454 g/mol. The topological polar surface area (TPSA) is 18.5 Å². The van der Waals surface area contributed by atoms with Gasteiger partial charge < -0.3 is 9.47 Å². The summed E-state index contributed by atoms with van der Waals surface area (Å²) >= 11 is 4.65. The predicted molar refractivity (Wildman–Crippen MR) is 90.4 cm³/mol. The summed E-state index contributed by atoms with van der Waals surface area (Å²) in [5.41, 5.74) is 2.13. The van der Waals surface area contributed by atoms with Crippen molar-refractivity contribution in [3.05, 3.63) is 43.5 Å². The highest BCUT2D eigenvalue weighted by atomic mass is 127. The van der Waals surface area contributed by atoms with Crippen LogP contribution in [0.2, 0.25) is 0 Å². The van der Waals surface area contributed by atoms with Crippen molar-refractivity contribution in [3.8, 4) is 22.6 Å². The van der Waals surface area contributed by atoms with Gasteiger partial charge in [0.2, 0.25) is 0 Å². The van der Waals surface area contributed by atoms with Crippen LogP contribution in [0, 0.1) is 7.14 Å². The van der Waals surface area contributed by atoms with E-state index in [1.165, 1.54) is 7.14 Å². The molecule has 0 radical (unpaired) electrons. The van der Waals surface area contributed by atoms with E-state index in [0.29, 0.717) is 0 Å². The lowest BCUT2D eigenvalue weighted by molar-refractivity contribution is 0.397. The van der Waals surface area contributed by atoms with E-state index in [1.807, 2.05) is 18.2 Å². The lowest BCUT2D eigenvalue weighted by Crippen LogP contribution is -1.94. The molecule has 0 saturated heterocycles. The second kappa shape index (κ2) is 6.10. The van der Waals surface area contributed by atoms with Gasteiger partial charge >= 0.3 is 0 Å². The molecule has 0 spiro atoms. The third kappa shape index (κ3) is 2.74. The van der Waals surface area contributed by atoms with Crippen LogP contribution in [0.3, 0.4) is 0 Å². The highest BCUT2D eigenvalue weighted by molar-refractivity contribution is 14.1. The number of halogens is 2. The molecule has 2 rings (SSSR count). The molecule has 0 aliphatic heterocycles. The van der Waals surface area contributed by atoms with Crippen LogP contribution in [-0.4, -0.2) is 14.2 Å². The number of methoxy groups -OCH3 is 2. The van der Waals surface area contributed by atoms with Gasteiger partial charge in [-0.1, -0.05) is 12.1 Å². The maximum atomic E-state index is 5.44. The molecule has 2 aromatic carbocycles. The molecule has 2 aromatic rings. The molecule has 2 nitrogen and oxygen atoms in total. The van der Waals surface area contributed by atoms with Crippen molar-refractivity contribution in [2.24, 2.45) is 0 Å². The van der Waals surface area contributed by atoms with Crippen molar-refractivity contribution in [2.45, 2.75) is 0 Å². The molecule has 0 bridgehead atoms. The molecule has 0 saturated carbocycles. The van der Waals surface area contributed by atoms with E-state index >= 15 is 0 Å². The number of rotatable bonds is 3. The van der Waals surface area contributed by atoms with Crippen molar-refractivity contribution >= 4 is 45.2 Å². The molecule has 4 heteroatoms. The lowest BCUT2D eigenvalue weighted by atomic mass is 10.0. The van der Waals surface area contributed by atoms with Crippen LogP contribution in [0.4, 0.5) is 0 Å². The zero-order valence-electron chi connectivity index (χ0n) is 10.0. The Hall–Kier alpha value is -0.500. The number of ether oxygens (including phenoxy) is 2. The Morgan fingerprint density at radius 3 is 2.00 bits per heavy atom. The van der Waals surface area contributed by atoms with Gasteiger partial charge in [0.25, 0.3) is 0 Å². The zero-order valence-corrected chi connectivity index (χ0v) is 14.4. The Morgan fingerprint density at radius 1 is 0.889 bits per heavy atom. The molecule has 0 N–H and O–H groups in total. The molecule has 0 heterocycles. The van der Waals surface area contributed by atoms with Crippen molar-refractivity contribution < 1.29 is 9.47 Å². The first kappa shape index (κ1) is 13.9. The molecule has 94 valence electrons. The van der Waals surface area contributed by atoms with Gasteiger partial charge in [-0.15, -0.1) is 0 Å². The molecule has 0 amide bonds. The van der Waals surface area contributed by atoms with Crippen LogP contribution in [0.15, 0.2) is 36.4 Å². The molecule has 0 aliphatic carbocycles. The fraction of sp³-hybridized carbons (Fsp3) is 0.143. The van der Waals surface area contributed by atoms with Gasteiger partial charge in [-0.3, -0.25) is 0 Å². The highest BCUT2D eigenvalue weighted by Crippen LogP contribution is 2.40. The quantitative estimate of drug-likeness (QED) is 0.618. The first-order valence-corrected chi connectivity index (χ1v) is 7.49. The minimum absolute atomic E-state index is 0.827. The molecule has 18 heavy (non-hydrogen) atoms. The SMILES string of the molecule is COc1cccc(OC)c1-c1ccc(I)cc1I. The van der Waals surface area contributed by atoms with Gasteiger partial charge in [-0.05, 0) is 69.4 Å².